The van der Waals surface area contributed by atoms with Crippen molar-refractivity contribution in [1.82, 2.24) is 20.1 Å². The first-order chi connectivity index (χ1) is 8.84. The van der Waals surface area contributed by atoms with Gasteiger partial charge in [-0.15, -0.1) is 0 Å². The van der Waals surface area contributed by atoms with Gasteiger partial charge >= 0.3 is 0 Å². The van der Waals surface area contributed by atoms with Crippen molar-refractivity contribution in [3.8, 4) is 5.75 Å². The Morgan fingerprint density at radius 1 is 1.39 bits per heavy atom. The molecule has 0 aliphatic carbocycles. The number of hydrogen-bond acceptors (Lipinski definition) is 4. The zero-order chi connectivity index (χ0) is 12.4. The van der Waals surface area contributed by atoms with E-state index in [9.17, 15) is 4.79 Å². The molecule has 0 bridgehead atoms. The lowest BCUT2D eigenvalue weighted by atomic mass is 10.2. The number of aromatic amines is 1. The molecule has 2 aromatic rings. The first kappa shape index (κ1) is 10.8. The molecule has 6 heteroatoms. The smallest absolute Gasteiger partial charge is 0.291 e. The van der Waals surface area contributed by atoms with Gasteiger partial charge in [-0.25, -0.2) is 4.98 Å². The van der Waals surface area contributed by atoms with Crippen LogP contribution < -0.4 is 4.74 Å². The normalized spacial score (nSPS) is 14.6. The summed E-state index contributed by atoms with van der Waals surface area (Å²) in [6.45, 7) is 1.54. The van der Waals surface area contributed by atoms with E-state index in [1.807, 2.05) is 24.3 Å². The number of para-hydroxylation sites is 1. The molecule has 1 aliphatic rings. The van der Waals surface area contributed by atoms with Crippen LogP contribution in [-0.4, -0.2) is 39.1 Å². The zero-order valence-corrected chi connectivity index (χ0v) is 9.67. The quantitative estimate of drug-likeness (QED) is 0.807. The second-order valence-corrected chi connectivity index (χ2v) is 4.02. The van der Waals surface area contributed by atoms with Crippen molar-refractivity contribution >= 4 is 5.91 Å². The molecule has 6 nitrogen and oxygen atoms in total. The van der Waals surface area contributed by atoms with Gasteiger partial charge < -0.3 is 9.64 Å². The van der Waals surface area contributed by atoms with E-state index in [-0.39, 0.29) is 11.7 Å². The first-order valence-electron chi connectivity index (χ1n) is 5.70. The van der Waals surface area contributed by atoms with Gasteiger partial charge in [0.1, 0.15) is 18.7 Å². The average Bonchev–Trinajstić information content (AvgIpc) is 2.84. The maximum absolute atomic E-state index is 12.2. The van der Waals surface area contributed by atoms with E-state index in [4.69, 9.17) is 4.74 Å². The molecule has 3 rings (SSSR count). The Balaban J connectivity index is 1.85. The second kappa shape index (κ2) is 4.48. The summed E-state index contributed by atoms with van der Waals surface area (Å²) in [5.74, 6) is 0.938. The van der Waals surface area contributed by atoms with Crippen LogP contribution in [0, 0.1) is 0 Å². The lowest BCUT2D eigenvalue weighted by Crippen LogP contribution is -2.33. The number of carbonyl (C=O) groups is 1. The molecule has 2 heterocycles. The molecule has 0 spiro atoms. The highest BCUT2D eigenvalue weighted by molar-refractivity contribution is 5.90. The second-order valence-electron chi connectivity index (χ2n) is 4.02. The van der Waals surface area contributed by atoms with E-state index >= 15 is 0 Å². The lowest BCUT2D eigenvalue weighted by Gasteiger charge is -2.17. The molecule has 1 amide bonds. The summed E-state index contributed by atoms with van der Waals surface area (Å²) in [5.41, 5.74) is 1.00. The SMILES string of the molecule is O=C(c1ncn[nH]1)N1CCOc2ccccc2C1. The molecule has 92 valence electrons. The fourth-order valence-corrected chi connectivity index (χ4v) is 1.96. The molecule has 1 N–H and O–H groups in total. The number of hydrogen-bond donors (Lipinski definition) is 1. The molecule has 0 unspecified atom stereocenters. The minimum Gasteiger partial charge on any atom is -0.491 e. The van der Waals surface area contributed by atoms with Crippen LogP contribution in [-0.2, 0) is 6.54 Å². The van der Waals surface area contributed by atoms with E-state index < -0.39 is 0 Å². The highest BCUT2D eigenvalue weighted by Crippen LogP contribution is 2.22. The molecule has 18 heavy (non-hydrogen) atoms. The average molecular weight is 244 g/mol. The summed E-state index contributed by atoms with van der Waals surface area (Å²) < 4.78 is 5.61. The van der Waals surface area contributed by atoms with Crippen LogP contribution in [0.3, 0.4) is 0 Å². The number of H-pyrrole nitrogens is 1. The number of carbonyl (C=O) groups excluding carboxylic acids is 1. The van der Waals surface area contributed by atoms with Gasteiger partial charge in [-0.2, -0.15) is 5.10 Å². The van der Waals surface area contributed by atoms with Crippen LogP contribution in [0.25, 0.3) is 0 Å². The Labute approximate surface area is 104 Å². The Kier molecular flexibility index (Phi) is 2.68. The zero-order valence-electron chi connectivity index (χ0n) is 9.67. The van der Waals surface area contributed by atoms with Crippen molar-refractivity contribution < 1.29 is 9.53 Å². The number of ether oxygens (including phenoxy) is 1. The third-order valence-electron chi connectivity index (χ3n) is 2.86. The molecule has 1 aliphatic heterocycles. The molecule has 1 aromatic carbocycles. The maximum atomic E-state index is 12.2. The molecule has 0 saturated heterocycles. The Morgan fingerprint density at radius 3 is 3.11 bits per heavy atom. The van der Waals surface area contributed by atoms with Gasteiger partial charge in [0, 0.05) is 12.1 Å². The van der Waals surface area contributed by atoms with Crippen molar-refractivity contribution in [3.63, 3.8) is 0 Å². The monoisotopic (exact) mass is 244 g/mol. The molecule has 0 radical (unpaired) electrons. The third kappa shape index (κ3) is 1.92. The van der Waals surface area contributed by atoms with Crippen LogP contribution in [0.2, 0.25) is 0 Å². The fraction of sp³-hybridized carbons (Fsp3) is 0.250. The number of amides is 1. The molecule has 0 fully saturated rings. The predicted molar refractivity (Wildman–Crippen MR) is 63.1 cm³/mol. The van der Waals surface area contributed by atoms with Gasteiger partial charge in [0.05, 0.1) is 6.54 Å². The minimum atomic E-state index is -0.159. The van der Waals surface area contributed by atoms with Crippen molar-refractivity contribution in [2.45, 2.75) is 6.54 Å². The fourth-order valence-electron chi connectivity index (χ4n) is 1.96. The summed E-state index contributed by atoms with van der Waals surface area (Å²) in [4.78, 5) is 17.7. The van der Waals surface area contributed by atoms with Crippen molar-refractivity contribution in [1.29, 1.82) is 0 Å². The topological polar surface area (TPSA) is 71.1 Å². The van der Waals surface area contributed by atoms with E-state index in [0.29, 0.717) is 19.7 Å². The summed E-state index contributed by atoms with van der Waals surface area (Å²) in [7, 11) is 0. The molecule has 1 aromatic heterocycles. The number of nitrogens with one attached hydrogen (secondary N) is 1. The number of rotatable bonds is 1. The third-order valence-corrected chi connectivity index (χ3v) is 2.86. The number of fused-ring (bicyclic) bond motifs is 1. The van der Waals surface area contributed by atoms with Gasteiger partial charge in [0.2, 0.25) is 5.82 Å². The van der Waals surface area contributed by atoms with Crippen molar-refractivity contribution in [2.24, 2.45) is 0 Å². The Hall–Kier alpha value is -2.37. The summed E-state index contributed by atoms with van der Waals surface area (Å²) in [6.07, 6.45) is 1.33. The van der Waals surface area contributed by atoms with Gasteiger partial charge in [0.25, 0.3) is 5.91 Å². The highest BCUT2D eigenvalue weighted by Gasteiger charge is 2.22. The van der Waals surface area contributed by atoms with E-state index in [0.717, 1.165) is 11.3 Å². The highest BCUT2D eigenvalue weighted by atomic mass is 16.5. The van der Waals surface area contributed by atoms with Gasteiger partial charge in [-0.05, 0) is 6.07 Å². The van der Waals surface area contributed by atoms with Crippen LogP contribution in [0.15, 0.2) is 30.6 Å². The number of benzene rings is 1. The number of aromatic nitrogens is 3. The molecular weight excluding hydrogens is 232 g/mol. The molecule has 0 saturated carbocycles. The largest absolute Gasteiger partial charge is 0.491 e. The van der Waals surface area contributed by atoms with Gasteiger partial charge in [-0.1, -0.05) is 18.2 Å². The summed E-state index contributed by atoms with van der Waals surface area (Å²) in [6, 6.07) is 7.73. The van der Waals surface area contributed by atoms with Gasteiger partial charge in [-0.3, -0.25) is 9.89 Å². The van der Waals surface area contributed by atoms with Crippen LogP contribution in [0.1, 0.15) is 16.2 Å². The van der Waals surface area contributed by atoms with Crippen molar-refractivity contribution in [3.05, 3.63) is 42.0 Å². The lowest BCUT2D eigenvalue weighted by molar-refractivity contribution is 0.0721. The Morgan fingerprint density at radius 2 is 2.28 bits per heavy atom. The van der Waals surface area contributed by atoms with E-state index in [2.05, 4.69) is 15.2 Å². The molecule has 0 atom stereocenters. The minimum absolute atomic E-state index is 0.159. The standard InChI is InChI=1S/C12H12N4O2/c17-12(11-13-8-14-15-11)16-5-6-18-10-4-2-1-3-9(10)7-16/h1-4,8H,5-7H2,(H,13,14,15). The Bertz CT molecular complexity index is 553. The van der Waals surface area contributed by atoms with Crippen LogP contribution in [0.5, 0.6) is 5.75 Å². The van der Waals surface area contributed by atoms with E-state index in [1.165, 1.54) is 6.33 Å². The summed E-state index contributed by atoms with van der Waals surface area (Å²) in [5, 5.41) is 6.28. The van der Waals surface area contributed by atoms with Gasteiger partial charge in [0.15, 0.2) is 0 Å². The predicted octanol–water partition coefficient (Wildman–Crippen LogP) is 0.839. The van der Waals surface area contributed by atoms with Crippen molar-refractivity contribution in [2.75, 3.05) is 13.2 Å². The maximum Gasteiger partial charge on any atom is 0.291 e. The number of nitrogens with zero attached hydrogens (tertiary/aromatic N) is 3. The van der Waals surface area contributed by atoms with Crippen LogP contribution >= 0.6 is 0 Å². The molecular formula is C12H12N4O2. The van der Waals surface area contributed by atoms with E-state index in [1.54, 1.807) is 4.90 Å². The summed E-state index contributed by atoms with van der Waals surface area (Å²) >= 11 is 0. The van der Waals surface area contributed by atoms with Crippen LogP contribution in [0.4, 0.5) is 0 Å². The first-order valence-corrected chi connectivity index (χ1v) is 5.70.